The SMILES string of the molecule is CCOC(=O)C1C=NC(SC)N=C1Cl. The largest absolute Gasteiger partial charge is 0.465 e. The molecule has 0 amide bonds. The molecule has 1 aliphatic heterocycles. The topological polar surface area (TPSA) is 51.0 Å². The normalized spacial score (nSPS) is 25.8. The van der Waals surface area contributed by atoms with Crippen LogP contribution in [0, 0.1) is 5.92 Å². The van der Waals surface area contributed by atoms with Gasteiger partial charge in [0.05, 0.1) is 6.61 Å². The summed E-state index contributed by atoms with van der Waals surface area (Å²) in [4.78, 5) is 19.4. The summed E-state index contributed by atoms with van der Waals surface area (Å²) in [5.74, 6) is -1.02. The highest BCUT2D eigenvalue weighted by molar-refractivity contribution is 7.99. The summed E-state index contributed by atoms with van der Waals surface area (Å²) >= 11 is 7.29. The minimum Gasteiger partial charge on any atom is -0.465 e. The number of aliphatic imine (C=N–C) groups is 2. The van der Waals surface area contributed by atoms with Crippen molar-refractivity contribution in [1.82, 2.24) is 0 Å². The standard InChI is InChI=1S/C8H11ClN2O2S/c1-3-13-7(12)5-4-10-8(14-2)11-6(5)9/h4-5,8H,3H2,1-2H3. The van der Waals surface area contributed by atoms with Gasteiger partial charge >= 0.3 is 5.97 Å². The quantitative estimate of drug-likeness (QED) is 0.696. The van der Waals surface area contributed by atoms with Gasteiger partial charge in [-0.15, -0.1) is 11.8 Å². The number of thioether (sulfide) groups is 1. The van der Waals surface area contributed by atoms with Crippen LogP contribution in [-0.2, 0) is 9.53 Å². The second-order valence-corrected chi connectivity index (χ2v) is 3.82. The molecular weight excluding hydrogens is 224 g/mol. The van der Waals surface area contributed by atoms with Crippen LogP contribution in [0.3, 0.4) is 0 Å². The van der Waals surface area contributed by atoms with Gasteiger partial charge in [0.25, 0.3) is 0 Å². The van der Waals surface area contributed by atoms with Crippen molar-refractivity contribution < 1.29 is 9.53 Å². The van der Waals surface area contributed by atoms with Crippen molar-refractivity contribution in [3.8, 4) is 0 Å². The number of nitrogens with zero attached hydrogens (tertiary/aromatic N) is 2. The lowest BCUT2D eigenvalue weighted by Crippen LogP contribution is -2.28. The smallest absolute Gasteiger partial charge is 0.321 e. The molecule has 2 atom stereocenters. The number of hydrogen-bond acceptors (Lipinski definition) is 5. The zero-order valence-corrected chi connectivity index (χ0v) is 9.51. The summed E-state index contributed by atoms with van der Waals surface area (Å²) in [6, 6.07) is 0. The van der Waals surface area contributed by atoms with Crippen LogP contribution in [0.15, 0.2) is 9.98 Å². The average molecular weight is 235 g/mol. The van der Waals surface area contributed by atoms with Gasteiger partial charge in [0.1, 0.15) is 11.1 Å². The van der Waals surface area contributed by atoms with Crippen molar-refractivity contribution in [2.24, 2.45) is 15.9 Å². The number of ether oxygens (including phenoxy) is 1. The molecule has 0 N–H and O–H groups in total. The first-order valence-electron chi connectivity index (χ1n) is 4.15. The molecule has 0 aromatic heterocycles. The Hall–Kier alpha value is -0.550. The van der Waals surface area contributed by atoms with E-state index < -0.39 is 11.9 Å². The molecule has 0 saturated heterocycles. The number of esters is 1. The maximum atomic E-state index is 11.3. The van der Waals surface area contributed by atoms with E-state index in [0.717, 1.165) is 0 Å². The summed E-state index contributed by atoms with van der Waals surface area (Å²) in [7, 11) is 0. The van der Waals surface area contributed by atoms with Gasteiger partial charge in [0.15, 0.2) is 5.50 Å². The van der Waals surface area contributed by atoms with Crippen LogP contribution in [0.25, 0.3) is 0 Å². The molecule has 1 aliphatic rings. The monoisotopic (exact) mass is 234 g/mol. The Labute approximate surface area is 91.8 Å². The third-order valence-electron chi connectivity index (χ3n) is 1.60. The molecule has 0 aromatic carbocycles. The molecule has 0 aliphatic carbocycles. The first-order chi connectivity index (χ1) is 6.69. The summed E-state index contributed by atoms with van der Waals surface area (Å²) in [5.41, 5.74) is -0.229. The van der Waals surface area contributed by atoms with Gasteiger partial charge < -0.3 is 4.74 Å². The molecule has 0 fully saturated rings. The van der Waals surface area contributed by atoms with Crippen LogP contribution in [0.1, 0.15) is 6.92 Å². The zero-order valence-electron chi connectivity index (χ0n) is 7.94. The van der Waals surface area contributed by atoms with Gasteiger partial charge in [-0.1, -0.05) is 11.6 Å². The molecule has 0 aromatic rings. The second-order valence-electron chi connectivity index (χ2n) is 2.54. The van der Waals surface area contributed by atoms with E-state index in [0.29, 0.717) is 6.61 Å². The maximum Gasteiger partial charge on any atom is 0.321 e. The van der Waals surface area contributed by atoms with Gasteiger partial charge in [-0.05, 0) is 13.2 Å². The molecule has 14 heavy (non-hydrogen) atoms. The molecule has 1 rings (SSSR count). The fraction of sp³-hybridized carbons (Fsp3) is 0.625. The van der Waals surface area contributed by atoms with Crippen molar-refractivity contribution >= 4 is 40.7 Å². The third kappa shape index (κ3) is 2.72. The van der Waals surface area contributed by atoms with Crippen molar-refractivity contribution in [2.75, 3.05) is 12.9 Å². The third-order valence-corrected chi connectivity index (χ3v) is 2.59. The fourth-order valence-electron chi connectivity index (χ4n) is 0.944. The molecule has 2 unspecified atom stereocenters. The Kier molecular flexibility index (Phi) is 4.41. The Morgan fingerprint density at radius 2 is 2.50 bits per heavy atom. The molecule has 0 radical (unpaired) electrons. The highest BCUT2D eigenvalue weighted by Gasteiger charge is 2.26. The Morgan fingerprint density at radius 1 is 1.79 bits per heavy atom. The minimum atomic E-state index is -0.625. The summed E-state index contributed by atoms with van der Waals surface area (Å²) in [5, 5.41) is 0.248. The van der Waals surface area contributed by atoms with E-state index in [1.807, 2.05) is 6.26 Å². The van der Waals surface area contributed by atoms with Gasteiger partial charge in [0.2, 0.25) is 0 Å². The van der Waals surface area contributed by atoms with Crippen LogP contribution in [0.4, 0.5) is 0 Å². The molecular formula is C8H11ClN2O2S. The van der Waals surface area contributed by atoms with Crippen LogP contribution in [0.2, 0.25) is 0 Å². The number of rotatable bonds is 3. The van der Waals surface area contributed by atoms with Gasteiger partial charge in [-0.2, -0.15) is 0 Å². The summed E-state index contributed by atoms with van der Waals surface area (Å²) in [6.07, 6.45) is 3.37. The second kappa shape index (κ2) is 5.36. The van der Waals surface area contributed by atoms with E-state index in [2.05, 4.69) is 9.98 Å². The Balaban J connectivity index is 2.66. The number of carbonyl (C=O) groups is 1. The Bertz CT molecular complexity index is 281. The highest BCUT2D eigenvalue weighted by Crippen LogP contribution is 2.18. The van der Waals surface area contributed by atoms with Crippen molar-refractivity contribution in [3.63, 3.8) is 0 Å². The highest BCUT2D eigenvalue weighted by atomic mass is 35.5. The van der Waals surface area contributed by atoms with E-state index in [9.17, 15) is 4.79 Å². The zero-order chi connectivity index (χ0) is 10.6. The maximum absolute atomic E-state index is 11.3. The lowest BCUT2D eigenvalue weighted by atomic mass is 10.2. The van der Waals surface area contributed by atoms with E-state index in [1.165, 1.54) is 18.0 Å². The molecule has 1 heterocycles. The number of carbonyl (C=O) groups excluding carboxylic acids is 1. The van der Waals surface area contributed by atoms with Crippen LogP contribution >= 0.6 is 23.4 Å². The van der Waals surface area contributed by atoms with E-state index in [1.54, 1.807) is 6.92 Å². The Morgan fingerprint density at radius 3 is 3.00 bits per heavy atom. The predicted molar refractivity (Wildman–Crippen MR) is 59.2 cm³/mol. The van der Waals surface area contributed by atoms with E-state index >= 15 is 0 Å². The number of hydrogen-bond donors (Lipinski definition) is 0. The first-order valence-corrected chi connectivity index (χ1v) is 5.81. The van der Waals surface area contributed by atoms with Crippen molar-refractivity contribution in [2.45, 2.75) is 12.4 Å². The fourth-order valence-corrected chi connectivity index (χ4v) is 1.65. The average Bonchev–Trinajstić information content (AvgIpc) is 2.17. The molecule has 0 spiro atoms. The van der Waals surface area contributed by atoms with E-state index in [4.69, 9.17) is 16.3 Å². The lowest BCUT2D eigenvalue weighted by molar-refractivity contribution is -0.143. The molecule has 6 heteroatoms. The predicted octanol–water partition coefficient (Wildman–Crippen LogP) is 1.53. The van der Waals surface area contributed by atoms with Crippen LogP contribution in [-0.4, -0.2) is 35.7 Å². The van der Waals surface area contributed by atoms with Crippen molar-refractivity contribution in [3.05, 3.63) is 0 Å². The molecule has 0 bridgehead atoms. The molecule has 0 saturated carbocycles. The van der Waals surface area contributed by atoms with Crippen molar-refractivity contribution in [1.29, 1.82) is 0 Å². The van der Waals surface area contributed by atoms with Gasteiger partial charge in [0, 0.05) is 6.21 Å². The first kappa shape index (κ1) is 11.5. The molecule has 78 valence electrons. The summed E-state index contributed by atoms with van der Waals surface area (Å²) in [6.45, 7) is 2.08. The van der Waals surface area contributed by atoms with E-state index in [-0.39, 0.29) is 10.7 Å². The van der Waals surface area contributed by atoms with Gasteiger partial charge in [-0.3, -0.25) is 9.79 Å². The summed E-state index contributed by atoms with van der Waals surface area (Å²) < 4.78 is 4.82. The lowest BCUT2D eigenvalue weighted by Gasteiger charge is -2.16. The number of halogens is 1. The molecule has 4 nitrogen and oxygen atoms in total. The van der Waals surface area contributed by atoms with Gasteiger partial charge in [-0.25, -0.2) is 4.99 Å². The van der Waals surface area contributed by atoms with Crippen LogP contribution < -0.4 is 0 Å². The minimum absolute atomic E-state index is 0.229. The van der Waals surface area contributed by atoms with Crippen LogP contribution in [0.5, 0.6) is 0 Å².